The van der Waals surface area contributed by atoms with E-state index in [9.17, 15) is 9.59 Å². The quantitative estimate of drug-likeness (QED) is 0.644. The van der Waals surface area contributed by atoms with Crippen molar-refractivity contribution >= 4 is 17.2 Å². The molecule has 0 radical (unpaired) electrons. The third-order valence-corrected chi connectivity index (χ3v) is 3.82. The first-order chi connectivity index (χ1) is 9.15. The predicted octanol–water partition coefficient (Wildman–Crippen LogP) is 1.60. The second-order valence-electron chi connectivity index (χ2n) is 4.72. The smallest absolute Gasteiger partial charge is 0.304 e. The van der Waals surface area contributed by atoms with E-state index in [-0.39, 0.29) is 10.8 Å². The van der Waals surface area contributed by atoms with Crippen molar-refractivity contribution in [1.29, 1.82) is 0 Å². The molecule has 1 heterocycles. The van der Waals surface area contributed by atoms with Gasteiger partial charge in [0.2, 0.25) is 5.91 Å². The number of nitrogens with two attached hydrogens (primary N) is 1. The first-order valence-electron chi connectivity index (χ1n) is 6.79. The summed E-state index contributed by atoms with van der Waals surface area (Å²) in [6, 6.07) is 0. The highest BCUT2D eigenvalue weighted by Gasteiger charge is 2.10. The van der Waals surface area contributed by atoms with Crippen molar-refractivity contribution in [2.45, 2.75) is 45.6 Å². The maximum atomic E-state index is 11.7. The molecule has 0 fully saturated rings. The second kappa shape index (κ2) is 8.87. The van der Waals surface area contributed by atoms with Gasteiger partial charge in [-0.3, -0.25) is 9.59 Å². The molecule has 0 aromatic carbocycles. The van der Waals surface area contributed by atoms with Crippen LogP contribution >= 0.6 is 11.3 Å². The summed E-state index contributed by atoms with van der Waals surface area (Å²) in [6.45, 7) is 3.23. The Labute approximate surface area is 117 Å². The average molecular weight is 285 g/mol. The van der Waals surface area contributed by atoms with Crippen molar-refractivity contribution in [3.05, 3.63) is 20.7 Å². The van der Waals surface area contributed by atoms with Gasteiger partial charge in [-0.1, -0.05) is 31.1 Å². The van der Waals surface area contributed by atoms with Crippen molar-refractivity contribution in [2.24, 2.45) is 11.7 Å². The SMILES string of the molecule is CCCC(CCN)CCC(=O)NCc1csc(=O)[nH]1. The number of amides is 1. The van der Waals surface area contributed by atoms with Crippen LogP contribution in [0.15, 0.2) is 10.2 Å². The van der Waals surface area contributed by atoms with Crippen LogP contribution in [-0.4, -0.2) is 17.4 Å². The van der Waals surface area contributed by atoms with Gasteiger partial charge in [0, 0.05) is 17.5 Å². The zero-order valence-corrected chi connectivity index (χ0v) is 12.2. The summed E-state index contributed by atoms with van der Waals surface area (Å²) < 4.78 is 0. The Morgan fingerprint density at radius 2 is 2.26 bits per heavy atom. The number of aromatic amines is 1. The molecular formula is C13H23N3O2S. The van der Waals surface area contributed by atoms with Gasteiger partial charge in [0.1, 0.15) is 0 Å². The lowest BCUT2D eigenvalue weighted by molar-refractivity contribution is -0.121. The number of hydrogen-bond donors (Lipinski definition) is 3. The Kier molecular flexibility index (Phi) is 7.43. The molecule has 1 aromatic rings. The van der Waals surface area contributed by atoms with Crippen LogP contribution < -0.4 is 15.9 Å². The van der Waals surface area contributed by atoms with E-state index in [0.717, 1.165) is 42.7 Å². The molecule has 0 aliphatic rings. The van der Waals surface area contributed by atoms with Gasteiger partial charge in [0.15, 0.2) is 0 Å². The van der Waals surface area contributed by atoms with Gasteiger partial charge in [-0.25, -0.2) is 0 Å². The molecule has 19 heavy (non-hydrogen) atoms. The van der Waals surface area contributed by atoms with Crippen molar-refractivity contribution in [2.75, 3.05) is 6.54 Å². The van der Waals surface area contributed by atoms with E-state index in [2.05, 4.69) is 17.2 Å². The van der Waals surface area contributed by atoms with Gasteiger partial charge < -0.3 is 16.0 Å². The molecule has 4 N–H and O–H groups in total. The molecule has 0 spiro atoms. The van der Waals surface area contributed by atoms with Crippen LogP contribution in [-0.2, 0) is 11.3 Å². The fourth-order valence-corrected chi connectivity index (χ4v) is 2.68. The van der Waals surface area contributed by atoms with Crippen LogP contribution in [0, 0.1) is 5.92 Å². The first kappa shape index (κ1) is 15.9. The molecule has 1 unspecified atom stereocenters. The molecule has 5 nitrogen and oxygen atoms in total. The minimum Gasteiger partial charge on any atom is -0.351 e. The lowest BCUT2D eigenvalue weighted by atomic mass is 9.94. The van der Waals surface area contributed by atoms with E-state index in [1.807, 2.05) is 0 Å². The number of rotatable bonds is 9. The summed E-state index contributed by atoms with van der Waals surface area (Å²) in [4.78, 5) is 25.2. The van der Waals surface area contributed by atoms with E-state index < -0.39 is 0 Å². The lowest BCUT2D eigenvalue weighted by Gasteiger charge is -2.14. The highest BCUT2D eigenvalue weighted by atomic mass is 32.1. The summed E-state index contributed by atoms with van der Waals surface area (Å²) in [5.74, 6) is 0.576. The number of H-pyrrole nitrogens is 1. The van der Waals surface area contributed by atoms with Gasteiger partial charge >= 0.3 is 4.87 Å². The number of carbonyl (C=O) groups excluding carboxylic acids is 1. The monoisotopic (exact) mass is 285 g/mol. The topological polar surface area (TPSA) is 88.0 Å². The van der Waals surface area contributed by atoms with Crippen LogP contribution in [0.1, 0.15) is 44.7 Å². The van der Waals surface area contributed by atoms with E-state index in [1.165, 1.54) is 0 Å². The maximum Gasteiger partial charge on any atom is 0.304 e. The average Bonchev–Trinajstić information content (AvgIpc) is 2.80. The maximum absolute atomic E-state index is 11.7. The minimum absolute atomic E-state index is 0.0326. The van der Waals surface area contributed by atoms with Gasteiger partial charge in [-0.05, 0) is 25.3 Å². The van der Waals surface area contributed by atoms with Gasteiger partial charge in [0.05, 0.1) is 6.54 Å². The molecule has 6 heteroatoms. The molecule has 0 aliphatic carbocycles. The number of hydrogen-bond acceptors (Lipinski definition) is 4. The van der Waals surface area contributed by atoms with Crippen LogP contribution in [0.25, 0.3) is 0 Å². The second-order valence-corrected chi connectivity index (χ2v) is 5.56. The molecule has 1 amide bonds. The van der Waals surface area contributed by atoms with Gasteiger partial charge in [-0.2, -0.15) is 0 Å². The fourth-order valence-electron chi connectivity index (χ4n) is 2.09. The Morgan fingerprint density at radius 1 is 1.47 bits per heavy atom. The molecule has 1 rings (SSSR count). The normalized spacial score (nSPS) is 12.3. The van der Waals surface area contributed by atoms with E-state index in [0.29, 0.717) is 25.4 Å². The Hall–Kier alpha value is -1.14. The zero-order chi connectivity index (χ0) is 14.1. The van der Waals surface area contributed by atoms with Gasteiger partial charge in [0.25, 0.3) is 0 Å². The number of thiazole rings is 1. The molecule has 0 saturated heterocycles. The molecule has 108 valence electrons. The minimum atomic E-state index is -0.0878. The Balaban J connectivity index is 2.24. The predicted molar refractivity (Wildman–Crippen MR) is 78.1 cm³/mol. The molecule has 0 bridgehead atoms. The molecule has 1 atom stereocenters. The number of aromatic nitrogens is 1. The van der Waals surface area contributed by atoms with Crippen molar-refractivity contribution in [1.82, 2.24) is 10.3 Å². The standard InChI is InChI=1S/C13H23N3O2S/c1-2-3-10(6-7-14)4-5-12(17)15-8-11-9-19-13(18)16-11/h9-10H,2-8,14H2,1H3,(H,15,17)(H,16,18). The number of carbonyl (C=O) groups is 1. The van der Waals surface area contributed by atoms with Crippen molar-refractivity contribution in [3.63, 3.8) is 0 Å². The summed E-state index contributed by atoms with van der Waals surface area (Å²) in [5, 5.41) is 4.55. The molecular weight excluding hydrogens is 262 g/mol. The largest absolute Gasteiger partial charge is 0.351 e. The van der Waals surface area contributed by atoms with E-state index >= 15 is 0 Å². The lowest BCUT2D eigenvalue weighted by Crippen LogP contribution is -2.24. The van der Waals surface area contributed by atoms with Crippen LogP contribution in [0.4, 0.5) is 0 Å². The summed E-state index contributed by atoms with van der Waals surface area (Å²) in [5.41, 5.74) is 6.33. The molecule has 0 aliphatic heterocycles. The first-order valence-corrected chi connectivity index (χ1v) is 7.67. The Bertz CT molecular complexity index is 422. The Morgan fingerprint density at radius 3 is 2.84 bits per heavy atom. The van der Waals surface area contributed by atoms with E-state index in [4.69, 9.17) is 5.73 Å². The molecule has 0 saturated carbocycles. The fraction of sp³-hybridized carbons (Fsp3) is 0.692. The van der Waals surface area contributed by atoms with Crippen LogP contribution in [0.2, 0.25) is 0 Å². The third-order valence-electron chi connectivity index (χ3n) is 3.10. The highest BCUT2D eigenvalue weighted by Crippen LogP contribution is 2.16. The van der Waals surface area contributed by atoms with Crippen molar-refractivity contribution < 1.29 is 4.79 Å². The molecule has 1 aromatic heterocycles. The van der Waals surface area contributed by atoms with Crippen molar-refractivity contribution in [3.8, 4) is 0 Å². The van der Waals surface area contributed by atoms with Crippen LogP contribution in [0.3, 0.4) is 0 Å². The van der Waals surface area contributed by atoms with Gasteiger partial charge in [-0.15, -0.1) is 0 Å². The summed E-state index contributed by atoms with van der Waals surface area (Å²) in [7, 11) is 0. The summed E-state index contributed by atoms with van der Waals surface area (Å²) in [6.07, 6.45) is 4.65. The zero-order valence-electron chi connectivity index (χ0n) is 11.4. The highest BCUT2D eigenvalue weighted by molar-refractivity contribution is 7.07. The van der Waals surface area contributed by atoms with E-state index in [1.54, 1.807) is 5.38 Å². The summed E-state index contributed by atoms with van der Waals surface area (Å²) >= 11 is 1.11. The van der Waals surface area contributed by atoms with Crippen LogP contribution in [0.5, 0.6) is 0 Å². The number of nitrogens with one attached hydrogen (secondary N) is 2. The third kappa shape index (κ3) is 6.54.